The van der Waals surface area contributed by atoms with Gasteiger partial charge in [-0.25, -0.2) is 4.79 Å². The number of aliphatic hydroxyl groups excluding tert-OH is 2. The second kappa shape index (κ2) is 16.3. The minimum Gasteiger partial charge on any atom is -0.490 e. The van der Waals surface area contributed by atoms with Crippen LogP contribution in [0, 0.1) is 0 Å². The van der Waals surface area contributed by atoms with Crippen LogP contribution in [0.2, 0.25) is 0 Å². The molecule has 11 nitrogen and oxygen atoms in total. The van der Waals surface area contributed by atoms with Crippen LogP contribution >= 0.6 is 0 Å². The van der Waals surface area contributed by atoms with Gasteiger partial charge in [-0.05, 0) is 35.4 Å². The highest BCUT2D eigenvalue weighted by Crippen LogP contribution is 2.28. The van der Waals surface area contributed by atoms with E-state index in [9.17, 15) is 19.5 Å². The van der Waals surface area contributed by atoms with Gasteiger partial charge in [-0.2, -0.15) is 0 Å². The highest BCUT2D eigenvalue weighted by atomic mass is 16.5. The van der Waals surface area contributed by atoms with Crippen LogP contribution in [-0.4, -0.2) is 105 Å². The molecule has 2 unspecified atom stereocenters. The van der Waals surface area contributed by atoms with Gasteiger partial charge in [0, 0.05) is 44.3 Å². The molecule has 2 atom stereocenters. The lowest BCUT2D eigenvalue weighted by Gasteiger charge is -2.37. The Hall–Kier alpha value is -4.84. The number of carbonyl (C=O) groups excluding carboxylic acids is 1. The number of amides is 1. The van der Waals surface area contributed by atoms with Crippen molar-refractivity contribution >= 4 is 28.7 Å². The molecule has 1 amide bonds. The number of β-amino-alcohol motifs (C(OH)–C–C–N with tert-alkyl or cyclic N) is 1. The molecule has 0 saturated carbocycles. The van der Waals surface area contributed by atoms with Crippen LogP contribution in [0.3, 0.4) is 0 Å². The molecule has 0 aliphatic carbocycles. The van der Waals surface area contributed by atoms with Crippen molar-refractivity contribution in [3.05, 3.63) is 108 Å². The first kappa shape index (κ1) is 33.1. The molecule has 0 bridgehead atoms. The number of aliphatic carboxylic acids is 2. The lowest BCUT2D eigenvalue weighted by molar-refractivity contribution is -0.152. The minimum absolute atomic E-state index is 0.125. The summed E-state index contributed by atoms with van der Waals surface area (Å²) in [7, 11) is 0. The monoisotopic (exact) mass is 615 g/mol. The molecule has 1 aliphatic rings. The van der Waals surface area contributed by atoms with Crippen molar-refractivity contribution in [2.45, 2.75) is 24.5 Å². The Morgan fingerprint density at radius 3 is 1.96 bits per heavy atom. The smallest absolute Gasteiger partial charge is 0.333 e. The predicted molar refractivity (Wildman–Crippen MR) is 167 cm³/mol. The number of piperazine rings is 1. The van der Waals surface area contributed by atoms with Gasteiger partial charge in [0.15, 0.2) is 6.10 Å². The Kier molecular flexibility index (Phi) is 12.0. The predicted octanol–water partition coefficient (Wildman–Crippen LogP) is 2.86. The number of carbonyl (C=O) groups is 3. The fourth-order valence-corrected chi connectivity index (χ4v) is 5.09. The maximum atomic E-state index is 13.6. The molecule has 1 aromatic heterocycles. The summed E-state index contributed by atoms with van der Waals surface area (Å²) in [6.45, 7) is 3.42. The second-order valence-corrected chi connectivity index (χ2v) is 10.6. The number of hydrogen-bond donors (Lipinski definition) is 4. The number of carboxylic acid groups (broad SMARTS) is 2. The van der Waals surface area contributed by atoms with Gasteiger partial charge in [0.1, 0.15) is 18.5 Å². The number of pyridine rings is 1. The van der Waals surface area contributed by atoms with Crippen molar-refractivity contribution in [3.63, 3.8) is 0 Å². The number of ether oxygens (including phenoxy) is 1. The van der Waals surface area contributed by atoms with Gasteiger partial charge in [0.05, 0.1) is 17.9 Å². The largest absolute Gasteiger partial charge is 0.490 e. The number of hydrogen-bond acceptors (Lipinski definition) is 8. The fourth-order valence-electron chi connectivity index (χ4n) is 5.09. The molecule has 0 radical (unpaired) electrons. The number of nitrogens with zero attached hydrogens (tertiary/aromatic N) is 3. The average Bonchev–Trinajstić information content (AvgIpc) is 3.05. The number of carboxylic acids is 2. The van der Waals surface area contributed by atoms with Crippen LogP contribution in [0.4, 0.5) is 0 Å². The van der Waals surface area contributed by atoms with Crippen molar-refractivity contribution in [2.75, 3.05) is 39.3 Å². The van der Waals surface area contributed by atoms with Gasteiger partial charge in [-0.1, -0.05) is 66.7 Å². The quantitative estimate of drug-likeness (QED) is 0.198. The Morgan fingerprint density at radius 2 is 1.40 bits per heavy atom. The normalized spacial score (nSPS) is 14.7. The summed E-state index contributed by atoms with van der Waals surface area (Å²) >= 11 is 0. The Balaban J connectivity index is 0.000000448. The first-order valence-electron chi connectivity index (χ1n) is 14.6. The molecule has 11 heteroatoms. The van der Waals surface area contributed by atoms with Gasteiger partial charge in [-0.3, -0.25) is 19.5 Å². The van der Waals surface area contributed by atoms with Crippen LogP contribution in [-0.2, 0) is 14.4 Å². The van der Waals surface area contributed by atoms with E-state index in [0.717, 1.165) is 40.9 Å². The molecule has 1 fully saturated rings. The standard InChI is InChI=1S/C30H31N3O3.C4H6O5/c34-25(22-36-28-15-7-14-27-26(28)13-8-16-31-27)21-32-17-19-33(20-18-32)30(35)29(23-9-3-1-4-10-23)24-11-5-2-6-12-24;5-2(4(8)9)1-3(6)7/h1-16,25,29,34H,17-22H2;2,5H,1H2,(H,6,7)(H,8,9). The summed E-state index contributed by atoms with van der Waals surface area (Å²) in [5.41, 5.74) is 2.88. The Morgan fingerprint density at radius 1 is 0.778 bits per heavy atom. The molecule has 1 aliphatic heterocycles. The zero-order valence-corrected chi connectivity index (χ0v) is 24.7. The minimum atomic E-state index is -1.79. The van der Waals surface area contributed by atoms with Gasteiger partial charge in [-0.15, -0.1) is 0 Å². The van der Waals surface area contributed by atoms with Crippen molar-refractivity contribution in [1.29, 1.82) is 0 Å². The van der Waals surface area contributed by atoms with Gasteiger partial charge >= 0.3 is 11.9 Å². The van der Waals surface area contributed by atoms with E-state index in [4.69, 9.17) is 20.1 Å². The van der Waals surface area contributed by atoms with E-state index in [1.54, 1.807) is 6.20 Å². The number of fused-ring (bicyclic) bond motifs is 1. The van der Waals surface area contributed by atoms with Crippen molar-refractivity contribution in [3.8, 4) is 5.75 Å². The zero-order chi connectivity index (χ0) is 32.2. The van der Waals surface area contributed by atoms with Crippen LogP contribution in [0.5, 0.6) is 5.75 Å². The number of benzene rings is 3. The topological polar surface area (TPSA) is 161 Å². The van der Waals surface area contributed by atoms with E-state index >= 15 is 0 Å². The molecule has 4 aromatic rings. The molecule has 1 saturated heterocycles. The van der Waals surface area contributed by atoms with Crippen LogP contribution < -0.4 is 4.74 Å². The van der Waals surface area contributed by atoms with E-state index in [-0.39, 0.29) is 18.4 Å². The summed E-state index contributed by atoms with van der Waals surface area (Å²) in [6.07, 6.45) is -1.41. The first-order chi connectivity index (χ1) is 21.7. The van der Waals surface area contributed by atoms with E-state index in [0.29, 0.717) is 19.6 Å². The van der Waals surface area contributed by atoms with E-state index < -0.39 is 30.6 Å². The summed E-state index contributed by atoms with van der Waals surface area (Å²) < 4.78 is 5.93. The van der Waals surface area contributed by atoms with Crippen LogP contribution in [0.15, 0.2) is 97.2 Å². The maximum Gasteiger partial charge on any atom is 0.333 e. The number of rotatable bonds is 11. The van der Waals surface area contributed by atoms with E-state index in [1.807, 2.05) is 95.9 Å². The van der Waals surface area contributed by atoms with Crippen LogP contribution in [0.25, 0.3) is 10.9 Å². The molecular formula is C34H37N3O8. The van der Waals surface area contributed by atoms with Gasteiger partial charge in [0.2, 0.25) is 5.91 Å². The molecule has 45 heavy (non-hydrogen) atoms. The van der Waals surface area contributed by atoms with Crippen molar-refractivity contribution in [2.24, 2.45) is 0 Å². The highest BCUT2D eigenvalue weighted by Gasteiger charge is 2.30. The lowest BCUT2D eigenvalue weighted by atomic mass is 9.90. The van der Waals surface area contributed by atoms with Crippen molar-refractivity contribution in [1.82, 2.24) is 14.8 Å². The van der Waals surface area contributed by atoms with Gasteiger partial charge < -0.3 is 30.1 Å². The third-order valence-electron chi connectivity index (χ3n) is 7.36. The zero-order valence-electron chi connectivity index (χ0n) is 24.7. The molecular weight excluding hydrogens is 578 g/mol. The summed E-state index contributed by atoms with van der Waals surface area (Å²) in [5, 5.41) is 35.7. The first-order valence-corrected chi connectivity index (χ1v) is 14.6. The SMILES string of the molecule is O=C(C(c1ccccc1)c1ccccc1)N1CCN(CC(O)COc2cccc3ncccc23)CC1.O=C(O)CC(O)C(=O)O. The molecule has 4 N–H and O–H groups in total. The fraction of sp³-hybridized carbons (Fsp3) is 0.294. The lowest BCUT2D eigenvalue weighted by Crippen LogP contribution is -2.52. The van der Waals surface area contributed by atoms with Crippen molar-refractivity contribution < 1.29 is 39.5 Å². The van der Waals surface area contributed by atoms with Gasteiger partial charge in [0.25, 0.3) is 0 Å². The molecule has 2 heterocycles. The highest BCUT2D eigenvalue weighted by molar-refractivity contribution is 5.87. The molecule has 0 spiro atoms. The third kappa shape index (κ3) is 9.57. The molecule has 236 valence electrons. The maximum absolute atomic E-state index is 13.6. The Labute approximate surface area is 260 Å². The van der Waals surface area contributed by atoms with E-state index in [2.05, 4.69) is 9.88 Å². The second-order valence-electron chi connectivity index (χ2n) is 10.6. The number of aliphatic hydroxyl groups is 2. The summed E-state index contributed by atoms with van der Waals surface area (Å²) in [6, 6.07) is 29.6. The molecule has 3 aromatic carbocycles. The third-order valence-corrected chi connectivity index (χ3v) is 7.36. The summed E-state index contributed by atoms with van der Waals surface area (Å²) in [5.74, 6) is -2.31. The number of aromatic nitrogens is 1. The molecule has 5 rings (SSSR count). The average molecular weight is 616 g/mol. The van der Waals surface area contributed by atoms with Crippen LogP contribution in [0.1, 0.15) is 23.5 Å². The summed E-state index contributed by atoms with van der Waals surface area (Å²) in [4.78, 5) is 41.5. The van der Waals surface area contributed by atoms with E-state index in [1.165, 1.54) is 0 Å². The Bertz CT molecular complexity index is 1500.